The van der Waals surface area contributed by atoms with Gasteiger partial charge >= 0.3 is 5.97 Å². The first-order chi connectivity index (χ1) is 12.3. The number of carbonyl (C=O) groups is 1. The molecule has 2 rings (SSSR count). The van der Waals surface area contributed by atoms with Crippen LogP contribution in [0.5, 0.6) is 17.2 Å². The number of hydrogen-bond donors (Lipinski definition) is 0. The number of halogens is 5. The summed E-state index contributed by atoms with van der Waals surface area (Å²) in [6.45, 7) is 0.464. The Morgan fingerprint density at radius 3 is 2.00 bits per heavy atom. The van der Waals surface area contributed by atoms with Crippen LogP contribution in [0.2, 0.25) is 0 Å². The summed E-state index contributed by atoms with van der Waals surface area (Å²) in [4.78, 5) is 11.5. The fourth-order valence-electron chi connectivity index (χ4n) is 2.04. The SMILES string of the molecule is COC(=O)Cc1cc(I)c(Oc2cc(I)c(OCCCl)c(I)c2)c(I)c1. The Morgan fingerprint density at radius 1 is 0.962 bits per heavy atom. The van der Waals surface area contributed by atoms with Crippen LogP contribution in [0.15, 0.2) is 24.3 Å². The van der Waals surface area contributed by atoms with Crippen LogP contribution in [0, 0.1) is 14.3 Å². The van der Waals surface area contributed by atoms with Gasteiger partial charge < -0.3 is 14.2 Å². The van der Waals surface area contributed by atoms with Gasteiger partial charge in [0.1, 0.15) is 18.1 Å². The molecule has 2 aromatic carbocycles. The van der Waals surface area contributed by atoms with Crippen molar-refractivity contribution in [1.29, 1.82) is 0 Å². The van der Waals surface area contributed by atoms with E-state index in [1.165, 1.54) is 7.11 Å². The maximum absolute atomic E-state index is 11.5. The molecule has 0 unspecified atom stereocenters. The van der Waals surface area contributed by atoms with Gasteiger partial charge in [0.05, 0.1) is 33.7 Å². The van der Waals surface area contributed by atoms with Crippen molar-refractivity contribution >= 4 is 108 Å². The number of hydrogen-bond acceptors (Lipinski definition) is 4. The number of carbonyl (C=O) groups excluding carboxylic acids is 1. The van der Waals surface area contributed by atoms with Crippen LogP contribution >= 0.6 is 102 Å². The summed E-state index contributed by atoms with van der Waals surface area (Å²) in [6, 6.07) is 7.73. The zero-order valence-electron chi connectivity index (χ0n) is 13.5. The standard InChI is InChI=1S/C17H13ClI4O4/c1-24-15(23)6-9-4-11(19)17(12(20)5-9)26-10-7-13(21)16(14(22)8-10)25-3-2-18/h4-5,7-8H,2-3,6H2,1H3. The molecule has 0 amide bonds. The van der Waals surface area contributed by atoms with E-state index in [0.717, 1.165) is 37.1 Å². The zero-order valence-corrected chi connectivity index (χ0v) is 22.8. The highest BCUT2D eigenvalue weighted by Crippen LogP contribution is 2.37. The predicted molar refractivity (Wildman–Crippen MR) is 136 cm³/mol. The van der Waals surface area contributed by atoms with Crippen molar-refractivity contribution < 1.29 is 19.0 Å². The first-order valence-electron chi connectivity index (χ1n) is 7.26. The number of alkyl halides is 1. The highest BCUT2D eigenvalue weighted by atomic mass is 127. The molecule has 0 aliphatic carbocycles. The molecule has 0 spiro atoms. The second-order valence-corrected chi connectivity index (χ2v) is 10.0. The predicted octanol–water partition coefficient (Wildman–Crippen LogP) is 6.23. The van der Waals surface area contributed by atoms with E-state index in [1.807, 2.05) is 24.3 Å². The van der Waals surface area contributed by atoms with Crippen LogP contribution in [0.3, 0.4) is 0 Å². The fourth-order valence-corrected chi connectivity index (χ4v) is 6.26. The smallest absolute Gasteiger partial charge is 0.309 e. The minimum absolute atomic E-state index is 0.241. The van der Waals surface area contributed by atoms with Gasteiger partial charge in [-0.25, -0.2) is 0 Å². The molecule has 0 saturated heterocycles. The second kappa shape index (κ2) is 11.0. The van der Waals surface area contributed by atoms with Gasteiger partial charge in [-0.05, 0) is 120 Å². The monoisotopic (exact) mass is 824 g/mol. The van der Waals surface area contributed by atoms with E-state index < -0.39 is 0 Å². The minimum atomic E-state index is -0.262. The van der Waals surface area contributed by atoms with E-state index >= 15 is 0 Å². The van der Waals surface area contributed by atoms with E-state index in [1.54, 1.807) is 0 Å². The Balaban J connectivity index is 2.27. The van der Waals surface area contributed by atoms with E-state index in [0.29, 0.717) is 12.5 Å². The van der Waals surface area contributed by atoms with Crippen molar-refractivity contribution in [2.24, 2.45) is 0 Å². The van der Waals surface area contributed by atoms with E-state index in [4.69, 9.17) is 25.8 Å². The Morgan fingerprint density at radius 2 is 1.50 bits per heavy atom. The fraction of sp³-hybridized carbons (Fsp3) is 0.235. The Kier molecular flexibility index (Phi) is 9.77. The molecule has 9 heteroatoms. The molecule has 4 nitrogen and oxygen atoms in total. The van der Waals surface area contributed by atoms with Crippen molar-refractivity contribution in [2.45, 2.75) is 6.42 Å². The molecular weight excluding hydrogens is 811 g/mol. The number of ether oxygens (including phenoxy) is 3. The van der Waals surface area contributed by atoms with Gasteiger partial charge in [-0.3, -0.25) is 4.79 Å². The Hall–Kier alpha value is 0.720. The second-order valence-electron chi connectivity index (χ2n) is 5.00. The van der Waals surface area contributed by atoms with Gasteiger partial charge in [0.15, 0.2) is 5.75 Å². The van der Waals surface area contributed by atoms with Crippen molar-refractivity contribution in [3.8, 4) is 17.2 Å². The average molecular weight is 824 g/mol. The molecule has 0 fully saturated rings. The van der Waals surface area contributed by atoms with Gasteiger partial charge in [0.25, 0.3) is 0 Å². The molecule has 0 aromatic heterocycles. The summed E-state index contributed by atoms with van der Waals surface area (Å²) >= 11 is 14.6. The highest BCUT2D eigenvalue weighted by molar-refractivity contribution is 14.1. The molecule has 0 heterocycles. The van der Waals surface area contributed by atoms with Crippen molar-refractivity contribution in [3.63, 3.8) is 0 Å². The lowest BCUT2D eigenvalue weighted by atomic mass is 10.1. The average Bonchev–Trinajstić information content (AvgIpc) is 2.57. The van der Waals surface area contributed by atoms with Gasteiger partial charge in [0.2, 0.25) is 0 Å². The topological polar surface area (TPSA) is 44.8 Å². The molecule has 0 atom stereocenters. The summed E-state index contributed by atoms with van der Waals surface area (Å²) in [5, 5.41) is 0. The van der Waals surface area contributed by atoms with Crippen molar-refractivity contribution in [2.75, 3.05) is 19.6 Å². The van der Waals surface area contributed by atoms with Crippen LogP contribution in [-0.2, 0) is 16.0 Å². The summed E-state index contributed by atoms with van der Waals surface area (Å²) in [5.74, 6) is 2.49. The highest BCUT2D eigenvalue weighted by Gasteiger charge is 2.15. The molecular formula is C17H13ClI4O4. The van der Waals surface area contributed by atoms with Crippen LogP contribution in [0.4, 0.5) is 0 Å². The van der Waals surface area contributed by atoms with Crippen LogP contribution in [0.25, 0.3) is 0 Å². The molecule has 0 radical (unpaired) electrons. The number of esters is 1. The summed E-state index contributed by atoms with van der Waals surface area (Å²) in [7, 11) is 1.39. The Bertz CT molecular complexity index is 767. The molecule has 0 aliphatic rings. The number of methoxy groups -OCH3 is 1. The summed E-state index contributed by atoms with van der Waals surface area (Å²) < 4.78 is 20.3. The lowest BCUT2D eigenvalue weighted by Crippen LogP contribution is -2.05. The largest absolute Gasteiger partial charge is 0.490 e. The van der Waals surface area contributed by atoms with Gasteiger partial charge in [-0.1, -0.05) is 0 Å². The number of rotatable bonds is 7. The molecule has 140 valence electrons. The first-order valence-corrected chi connectivity index (χ1v) is 12.1. The third-order valence-electron chi connectivity index (χ3n) is 3.15. The van der Waals surface area contributed by atoms with E-state index in [2.05, 4.69) is 90.4 Å². The Labute approximate surface area is 211 Å². The molecule has 2 aromatic rings. The normalized spacial score (nSPS) is 10.5. The summed E-state index contributed by atoms with van der Waals surface area (Å²) in [6.07, 6.45) is 0.241. The lowest BCUT2D eigenvalue weighted by molar-refractivity contribution is -0.139. The zero-order chi connectivity index (χ0) is 19.3. The molecule has 26 heavy (non-hydrogen) atoms. The molecule has 0 saturated carbocycles. The van der Waals surface area contributed by atoms with Gasteiger partial charge in [-0.2, -0.15) is 0 Å². The van der Waals surface area contributed by atoms with E-state index in [-0.39, 0.29) is 12.4 Å². The van der Waals surface area contributed by atoms with Crippen molar-refractivity contribution in [3.05, 3.63) is 44.1 Å². The van der Waals surface area contributed by atoms with Gasteiger partial charge in [-0.15, -0.1) is 11.6 Å². The van der Waals surface area contributed by atoms with Crippen LogP contribution < -0.4 is 9.47 Å². The van der Waals surface area contributed by atoms with E-state index in [9.17, 15) is 4.79 Å². The molecule has 0 aliphatic heterocycles. The number of benzene rings is 2. The molecule has 0 bridgehead atoms. The van der Waals surface area contributed by atoms with Gasteiger partial charge in [0, 0.05) is 0 Å². The van der Waals surface area contributed by atoms with Crippen LogP contribution in [-0.4, -0.2) is 25.6 Å². The lowest BCUT2D eigenvalue weighted by Gasteiger charge is -2.15. The third-order valence-corrected chi connectivity index (χ3v) is 6.51. The van der Waals surface area contributed by atoms with Crippen LogP contribution in [0.1, 0.15) is 5.56 Å². The van der Waals surface area contributed by atoms with Crippen molar-refractivity contribution in [1.82, 2.24) is 0 Å². The maximum Gasteiger partial charge on any atom is 0.309 e. The maximum atomic E-state index is 11.5. The molecule has 0 N–H and O–H groups in total. The quantitative estimate of drug-likeness (QED) is 0.189. The summed E-state index contributed by atoms with van der Waals surface area (Å²) in [5.41, 5.74) is 0.895. The third kappa shape index (κ3) is 6.37. The first kappa shape index (κ1) is 23.0. The minimum Gasteiger partial charge on any atom is -0.490 e.